The lowest BCUT2D eigenvalue weighted by Gasteiger charge is -2.23. The van der Waals surface area contributed by atoms with Crippen molar-refractivity contribution < 1.29 is 4.74 Å². The second-order valence-corrected chi connectivity index (χ2v) is 6.27. The summed E-state index contributed by atoms with van der Waals surface area (Å²) in [5.41, 5.74) is 1.52. The van der Waals surface area contributed by atoms with Gasteiger partial charge in [0.15, 0.2) is 0 Å². The maximum Gasteiger partial charge on any atom is 0.0701 e. The summed E-state index contributed by atoms with van der Waals surface area (Å²) in [6.45, 7) is 4.87. The minimum Gasteiger partial charge on any atom is -0.379 e. The summed E-state index contributed by atoms with van der Waals surface area (Å²) in [4.78, 5) is 0. The monoisotopic (exact) mass is 275 g/mol. The minimum atomic E-state index is 0.175. The molecule has 78 valence electrons. The molecule has 1 saturated heterocycles. The Bertz CT molecular complexity index is 307. The standard InChI is InChI=1S/C10H14BrNOS/c1-10(2-3-13-7-10)12-5-8-4-9(11)14-6-8/h4,6,12H,2-3,5,7H2,1H3. The molecule has 1 aliphatic rings. The molecular formula is C10H14BrNOS. The highest BCUT2D eigenvalue weighted by Crippen LogP contribution is 2.22. The van der Waals surface area contributed by atoms with E-state index in [4.69, 9.17) is 4.74 Å². The van der Waals surface area contributed by atoms with E-state index in [1.165, 1.54) is 9.35 Å². The largest absolute Gasteiger partial charge is 0.379 e. The van der Waals surface area contributed by atoms with Gasteiger partial charge in [-0.2, -0.15) is 0 Å². The molecule has 1 aromatic heterocycles. The molecule has 0 bridgehead atoms. The Morgan fingerprint density at radius 3 is 3.14 bits per heavy atom. The molecule has 1 aliphatic heterocycles. The summed E-state index contributed by atoms with van der Waals surface area (Å²) in [6.07, 6.45) is 1.11. The van der Waals surface area contributed by atoms with E-state index in [1.54, 1.807) is 11.3 Å². The van der Waals surface area contributed by atoms with Crippen LogP contribution in [0.1, 0.15) is 18.9 Å². The van der Waals surface area contributed by atoms with Gasteiger partial charge in [-0.3, -0.25) is 0 Å². The third-order valence-electron chi connectivity index (χ3n) is 2.56. The first kappa shape index (κ1) is 10.6. The second-order valence-electron chi connectivity index (χ2n) is 3.98. The van der Waals surface area contributed by atoms with Gasteiger partial charge in [-0.25, -0.2) is 0 Å². The zero-order valence-electron chi connectivity index (χ0n) is 8.18. The molecule has 4 heteroatoms. The summed E-state index contributed by atoms with van der Waals surface area (Å²) < 4.78 is 6.58. The quantitative estimate of drug-likeness (QED) is 0.916. The van der Waals surface area contributed by atoms with E-state index >= 15 is 0 Å². The topological polar surface area (TPSA) is 21.3 Å². The van der Waals surface area contributed by atoms with E-state index in [0.717, 1.165) is 26.2 Å². The zero-order valence-corrected chi connectivity index (χ0v) is 10.6. The Morgan fingerprint density at radius 2 is 2.57 bits per heavy atom. The first-order valence-corrected chi connectivity index (χ1v) is 6.41. The fraction of sp³-hybridized carbons (Fsp3) is 0.600. The van der Waals surface area contributed by atoms with Crippen molar-refractivity contribution >= 4 is 27.3 Å². The molecule has 1 atom stereocenters. The van der Waals surface area contributed by atoms with Crippen molar-refractivity contribution in [1.82, 2.24) is 5.32 Å². The van der Waals surface area contributed by atoms with Crippen molar-refractivity contribution in [2.24, 2.45) is 0 Å². The zero-order chi connectivity index (χ0) is 10.0. The van der Waals surface area contributed by atoms with Crippen LogP contribution in [0.25, 0.3) is 0 Å². The fourth-order valence-corrected chi connectivity index (χ4v) is 2.77. The SMILES string of the molecule is CC1(NCc2csc(Br)c2)CCOC1. The van der Waals surface area contributed by atoms with Crippen molar-refractivity contribution in [2.75, 3.05) is 13.2 Å². The van der Waals surface area contributed by atoms with Gasteiger partial charge >= 0.3 is 0 Å². The van der Waals surface area contributed by atoms with Gasteiger partial charge in [-0.1, -0.05) is 0 Å². The van der Waals surface area contributed by atoms with Crippen molar-refractivity contribution in [3.63, 3.8) is 0 Å². The molecule has 14 heavy (non-hydrogen) atoms. The number of rotatable bonds is 3. The predicted octanol–water partition coefficient (Wildman–Crippen LogP) is 2.78. The average molecular weight is 276 g/mol. The van der Waals surface area contributed by atoms with Crippen LogP contribution in [0.4, 0.5) is 0 Å². The highest BCUT2D eigenvalue weighted by atomic mass is 79.9. The van der Waals surface area contributed by atoms with Crippen molar-refractivity contribution in [3.05, 3.63) is 20.8 Å². The Kier molecular flexibility index (Phi) is 3.27. The van der Waals surface area contributed by atoms with Gasteiger partial charge in [-0.05, 0) is 46.3 Å². The van der Waals surface area contributed by atoms with Crippen molar-refractivity contribution in [3.8, 4) is 0 Å². The third kappa shape index (κ3) is 2.57. The number of hydrogen-bond donors (Lipinski definition) is 1. The fourth-order valence-electron chi connectivity index (χ4n) is 1.56. The smallest absolute Gasteiger partial charge is 0.0701 e. The van der Waals surface area contributed by atoms with E-state index in [-0.39, 0.29) is 5.54 Å². The molecular weight excluding hydrogens is 262 g/mol. The van der Waals surface area contributed by atoms with Crippen LogP contribution in [0, 0.1) is 0 Å². The van der Waals surface area contributed by atoms with E-state index in [2.05, 4.69) is 39.6 Å². The molecule has 0 saturated carbocycles. The molecule has 1 N–H and O–H groups in total. The summed E-state index contributed by atoms with van der Waals surface area (Å²) in [5, 5.41) is 5.73. The van der Waals surface area contributed by atoms with Crippen LogP contribution in [-0.4, -0.2) is 18.8 Å². The molecule has 2 rings (SSSR count). The van der Waals surface area contributed by atoms with Gasteiger partial charge in [0.1, 0.15) is 0 Å². The Labute approximate surface area is 96.8 Å². The van der Waals surface area contributed by atoms with Crippen LogP contribution in [0.5, 0.6) is 0 Å². The van der Waals surface area contributed by atoms with Crippen LogP contribution in [0.3, 0.4) is 0 Å². The molecule has 0 amide bonds. The third-order valence-corrected chi connectivity index (χ3v) is 4.11. The molecule has 1 unspecified atom stereocenters. The van der Waals surface area contributed by atoms with Gasteiger partial charge in [0.2, 0.25) is 0 Å². The molecule has 0 radical (unpaired) electrons. The molecule has 0 spiro atoms. The Hall–Kier alpha value is 0.1000. The molecule has 1 fully saturated rings. The van der Waals surface area contributed by atoms with Crippen LogP contribution < -0.4 is 5.32 Å². The Morgan fingerprint density at radius 1 is 1.71 bits per heavy atom. The highest BCUT2D eigenvalue weighted by molar-refractivity contribution is 9.11. The summed E-state index contributed by atoms with van der Waals surface area (Å²) in [6, 6.07) is 2.16. The maximum atomic E-state index is 5.38. The minimum absolute atomic E-state index is 0.175. The van der Waals surface area contributed by atoms with E-state index in [0.29, 0.717) is 0 Å². The molecule has 1 aromatic rings. The van der Waals surface area contributed by atoms with Gasteiger partial charge in [-0.15, -0.1) is 11.3 Å². The van der Waals surface area contributed by atoms with Crippen LogP contribution in [0.2, 0.25) is 0 Å². The first-order chi connectivity index (χ1) is 6.68. The van der Waals surface area contributed by atoms with Crippen LogP contribution >= 0.6 is 27.3 Å². The van der Waals surface area contributed by atoms with Crippen LogP contribution in [-0.2, 0) is 11.3 Å². The lowest BCUT2D eigenvalue weighted by Crippen LogP contribution is -2.42. The van der Waals surface area contributed by atoms with E-state index in [9.17, 15) is 0 Å². The van der Waals surface area contributed by atoms with Gasteiger partial charge < -0.3 is 10.1 Å². The van der Waals surface area contributed by atoms with Crippen molar-refractivity contribution in [2.45, 2.75) is 25.4 Å². The highest BCUT2D eigenvalue weighted by Gasteiger charge is 2.28. The lowest BCUT2D eigenvalue weighted by atomic mass is 10.0. The number of nitrogens with one attached hydrogen (secondary N) is 1. The number of ether oxygens (including phenoxy) is 1. The van der Waals surface area contributed by atoms with Gasteiger partial charge in [0.25, 0.3) is 0 Å². The van der Waals surface area contributed by atoms with Crippen LogP contribution in [0.15, 0.2) is 15.2 Å². The second kappa shape index (κ2) is 4.31. The molecule has 0 aliphatic carbocycles. The lowest BCUT2D eigenvalue weighted by molar-refractivity contribution is 0.171. The summed E-state index contributed by atoms with van der Waals surface area (Å²) in [7, 11) is 0. The van der Waals surface area contributed by atoms with Crippen molar-refractivity contribution in [1.29, 1.82) is 0 Å². The summed E-state index contributed by atoms with van der Waals surface area (Å²) in [5.74, 6) is 0. The predicted molar refractivity (Wildman–Crippen MR) is 62.7 cm³/mol. The van der Waals surface area contributed by atoms with E-state index in [1.807, 2.05) is 0 Å². The Balaban J connectivity index is 1.87. The van der Waals surface area contributed by atoms with Gasteiger partial charge in [0.05, 0.1) is 10.4 Å². The first-order valence-electron chi connectivity index (χ1n) is 4.74. The average Bonchev–Trinajstić information content (AvgIpc) is 2.73. The number of hydrogen-bond acceptors (Lipinski definition) is 3. The molecule has 2 heterocycles. The van der Waals surface area contributed by atoms with Gasteiger partial charge in [0, 0.05) is 18.7 Å². The number of halogens is 1. The maximum absolute atomic E-state index is 5.38. The summed E-state index contributed by atoms with van der Waals surface area (Å²) >= 11 is 5.20. The molecule has 2 nitrogen and oxygen atoms in total. The molecule has 0 aromatic carbocycles. The normalized spacial score (nSPS) is 27.0. The van der Waals surface area contributed by atoms with E-state index < -0.39 is 0 Å². The number of thiophene rings is 1.